The van der Waals surface area contributed by atoms with Crippen molar-refractivity contribution in [3.8, 4) is 0 Å². The van der Waals surface area contributed by atoms with Gasteiger partial charge >= 0.3 is 0 Å². The summed E-state index contributed by atoms with van der Waals surface area (Å²) < 4.78 is 15.4. The molecule has 2 saturated heterocycles. The van der Waals surface area contributed by atoms with Gasteiger partial charge in [-0.3, -0.25) is 0 Å². The molecule has 2 heterocycles. The van der Waals surface area contributed by atoms with E-state index in [0.717, 1.165) is 0 Å². The van der Waals surface area contributed by atoms with Crippen molar-refractivity contribution in [2.45, 2.75) is 62.2 Å². The van der Waals surface area contributed by atoms with E-state index in [1.54, 1.807) is 0 Å². The molecule has 0 bridgehead atoms. The van der Waals surface area contributed by atoms with Crippen LogP contribution in [0.4, 0.5) is 0 Å². The van der Waals surface area contributed by atoms with Crippen molar-refractivity contribution < 1.29 is 44.8 Å². The lowest BCUT2D eigenvalue weighted by Gasteiger charge is -2.42. The van der Waals surface area contributed by atoms with Crippen LogP contribution >= 0.6 is 0 Å². The fourth-order valence-corrected chi connectivity index (χ4v) is 2.16. The van der Waals surface area contributed by atoms with Crippen LogP contribution in [0.3, 0.4) is 0 Å². The molecule has 2 aliphatic heterocycles. The first-order chi connectivity index (χ1) is 9.32. The van der Waals surface area contributed by atoms with Crippen LogP contribution in [-0.2, 0) is 14.2 Å². The van der Waals surface area contributed by atoms with Crippen LogP contribution in [0, 0.1) is 0 Å². The summed E-state index contributed by atoms with van der Waals surface area (Å²) in [4.78, 5) is 0. The van der Waals surface area contributed by atoms with Gasteiger partial charge in [-0.25, -0.2) is 0 Å². The number of aliphatic hydroxyl groups excluding tert-OH is 6. The van der Waals surface area contributed by atoms with Gasteiger partial charge in [-0.1, -0.05) is 0 Å². The smallest absolute Gasteiger partial charge is 0.189 e. The van der Waals surface area contributed by atoms with E-state index in [1.807, 2.05) is 0 Å². The van der Waals surface area contributed by atoms with Crippen molar-refractivity contribution in [3.05, 3.63) is 0 Å². The SMILES string of the molecule is C[C@@H]1OC(O[C@@H]2OC[C@H](O)[C@H](O)[C@H]2O)[C@H](O)[C@H](O)[C@H]1O. The van der Waals surface area contributed by atoms with Gasteiger partial charge in [-0.15, -0.1) is 0 Å². The van der Waals surface area contributed by atoms with Crippen LogP contribution in [0.1, 0.15) is 6.92 Å². The Balaban J connectivity index is 1.99. The van der Waals surface area contributed by atoms with E-state index in [4.69, 9.17) is 14.2 Å². The maximum absolute atomic E-state index is 9.75. The Bertz CT molecular complexity index is 327. The molecule has 2 rings (SSSR count). The molecule has 0 aromatic rings. The standard InChI is InChI=1S/C11H20O9/c1-3-5(13)7(15)9(17)11(19-3)20-10-8(16)6(14)4(12)2-18-10/h3-17H,2H2,1H3/t3-,4-,5-,6-,7+,8+,9+,10-,11?/m0/s1. The second-order valence-electron chi connectivity index (χ2n) is 5.07. The quantitative estimate of drug-likeness (QED) is 0.302. The Hall–Kier alpha value is -0.360. The molecule has 1 unspecified atom stereocenters. The van der Waals surface area contributed by atoms with E-state index in [-0.39, 0.29) is 6.61 Å². The van der Waals surface area contributed by atoms with Crippen molar-refractivity contribution in [1.82, 2.24) is 0 Å². The molecule has 0 saturated carbocycles. The van der Waals surface area contributed by atoms with Gasteiger partial charge in [0.05, 0.1) is 12.7 Å². The topological polar surface area (TPSA) is 149 Å². The van der Waals surface area contributed by atoms with Gasteiger partial charge in [-0.2, -0.15) is 0 Å². The molecule has 0 aliphatic carbocycles. The zero-order valence-electron chi connectivity index (χ0n) is 10.8. The van der Waals surface area contributed by atoms with E-state index < -0.39 is 55.3 Å². The lowest BCUT2D eigenvalue weighted by molar-refractivity contribution is -0.361. The van der Waals surface area contributed by atoms with E-state index >= 15 is 0 Å². The summed E-state index contributed by atoms with van der Waals surface area (Å²) in [6.07, 6.45) is -12.0. The third kappa shape index (κ3) is 2.96. The predicted octanol–water partition coefficient (Wildman–Crippen LogP) is -3.73. The van der Waals surface area contributed by atoms with Crippen LogP contribution in [0.5, 0.6) is 0 Å². The predicted molar refractivity (Wildman–Crippen MR) is 61.2 cm³/mol. The second kappa shape index (κ2) is 6.18. The van der Waals surface area contributed by atoms with Crippen LogP contribution in [0.25, 0.3) is 0 Å². The molecule has 9 heteroatoms. The molecule has 118 valence electrons. The Kier molecular flexibility index (Phi) is 4.95. The summed E-state index contributed by atoms with van der Waals surface area (Å²) in [5.74, 6) is 0. The van der Waals surface area contributed by atoms with Gasteiger partial charge in [-0.05, 0) is 6.92 Å². The number of aliphatic hydroxyl groups is 6. The van der Waals surface area contributed by atoms with Crippen LogP contribution in [0.2, 0.25) is 0 Å². The molecule has 0 radical (unpaired) electrons. The molecule has 2 fully saturated rings. The Morgan fingerprint density at radius 1 is 0.800 bits per heavy atom. The fraction of sp³-hybridized carbons (Fsp3) is 1.00. The summed E-state index contributed by atoms with van der Waals surface area (Å²) in [7, 11) is 0. The molecule has 20 heavy (non-hydrogen) atoms. The summed E-state index contributed by atoms with van der Waals surface area (Å²) in [5.41, 5.74) is 0. The molecule has 2 aliphatic rings. The van der Waals surface area contributed by atoms with Gasteiger partial charge in [0.1, 0.15) is 36.6 Å². The lowest BCUT2D eigenvalue weighted by atomic mass is 10.00. The molecule has 6 N–H and O–H groups in total. The number of hydrogen-bond acceptors (Lipinski definition) is 9. The first kappa shape index (κ1) is 16.0. The molecule has 0 aromatic carbocycles. The van der Waals surface area contributed by atoms with Crippen molar-refractivity contribution in [3.63, 3.8) is 0 Å². The largest absolute Gasteiger partial charge is 0.388 e. The van der Waals surface area contributed by atoms with Gasteiger partial charge in [0.15, 0.2) is 12.6 Å². The average Bonchev–Trinajstić information content (AvgIpc) is 2.42. The lowest BCUT2D eigenvalue weighted by Crippen LogP contribution is -2.60. The highest BCUT2D eigenvalue weighted by Gasteiger charge is 2.46. The van der Waals surface area contributed by atoms with Crippen molar-refractivity contribution in [2.24, 2.45) is 0 Å². The zero-order chi connectivity index (χ0) is 15.0. The minimum Gasteiger partial charge on any atom is -0.388 e. The highest BCUT2D eigenvalue weighted by molar-refractivity contribution is 4.89. The summed E-state index contributed by atoms with van der Waals surface area (Å²) >= 11 is 0. The fourth-order valence-electron chi connectivity index (χ4n) is 2.16. The molecule has 9 nitrogen and oxygen atoms in total. The van der Waals surface area contributed by atoms with Gasteiger partial charge in [0.25, 0.3) is 0 Å². The average molecular weight is 296 g/mol. The van der Waals surface area contributed by atoms with E-state index in [9.17, 15) is 30.6 Å². The molecular formula is C11H20O9. The number of rotatable bonds is 2. The molecular weight excluding hydrogens is 276 g/mol. The highest BCUT2D eigenvalue weighted by atomic mass is 16.8. The van der Waals surface area contributed by atoms with Crippen LogP contribution in [0.15, 0.2) is 0 Å². The minimum atomic E-state index is -1.54. The first-order valence-corrected chi connectivity index (χ1v) is 6.34. The number of hydrogen-bond donors (Lipinski definition) is 6. The third-order valence-corrected chi connectivity index (χ3v) is 3.53. The zero-order valence-corrected chi connectivity index (χ0v) is 10.8. The van der Waals surface area contributed by atoms with Gasteiger partial charge < -0.3 is 44.8 Å². The Morgan fingerprint density at radius 3 is 2.05 bits per heavy atom. The highest BCUT2D eigenvalue weighted by Crippen LogP contribution is 2.25. The maximum Gasteiger partial charge on any atom is 0.189 e. The molecule has 9 atom stereocenters. The molecule has 0 aromatic heterocycles. The van der Waals surface area contributed by atoms with Crippen LogP contribution < -0.4 is 0 Å². The van der Waals surface area contributed by atoms with Gasteiger partial charge in [0.2, 0.25) is 0 Å². The summed E-state index contributed by atoms with van der Waals surface area (Å²) in [6, 6.07) is 0. The normalized spacial score (nSPS) is 53.9. The third-order valence-electron chi connectivity index (χ3n) is 3.53. The maximum atomic E-state index is 9.75. The van der Waals surface area contributed by atoms with E-state index in [1.165, 1.54) is 6.92 Å². The van der Waals surface area contributed by atoms with Crippen molar-refractivity contribution in [1.29, 1.82) is 0 Å². The van der Waals surface area contributed by atoms with Gasteiger partial charge in [0, 0.05) is 0 Å². The monoisotopic (exact) mass is 296 g/mol. The summed E-state index contributed by atoms with van der Waals surface area (Å²) in [5, 5.41) is 57.4. The first-order valence-electron chi connectivity index (χ1n) is 6.34. The number of ether oxygens (including phenoxy) is 3. The molecule has 0 spiro atoms. The van der Waals surface area contributed by atoms with Crippen molar-refractivity contribution >= 4 is 0 Å². The summed E-state index contributed by atoms with van der Waals surface area (Å²) in [6.45, 7) is 1.22. The van der Waals surface area contributed by atoms with E-state index in [0.29, 0.717) is 0 Å². The van der Waals surface area contributed by atoms with E-state index in [2.05, 4.69) is 0 Å². The molecule has 0 amide bonds. The van der Waals surface area contributed by atoms with Crippen LogP contribution in [-0.4, -0.2) is 92.6 Å². The second-order valence-corrected chi connectivity index (χ2v) is 5.07. The Morgan fingerprint density at radius 2 is 1.40 bits per heavy atom. The van der Waals surface area contributed by atoms with Crippen molar-refractivity contribution in [2.75, 3.05) is 6.61 Å². The Labute approximate surface area is 114 Å². The minimum absolute atomic E-state index is 0.257.